The van der Waals surface area contributed by atoms with E-state index in [1.54, 1.807) is 0 Å². The first-order valence-corrected chi connectivity index (χ1v) is 3.80. The molecule has 0 heterocycles. The van der Waals surface area contributed by atoms with Crippen LogP contribution in [0.25, 0.3) is 0 Å². The van der Waals surface area contributed by atoms with Crippen molar-refractivity contribution in [2.75, 3.05) is 0 Å². The van der Waals surface area contributed by atoms with Crippen LogP contribution in [0.3, 0.4) is 0 Å². The molecule has 0 aromatic heterocycles. The van der Waals surface area contributed by atoms with Gasteiger partial charge in [0, 0.05) is 11.8 Å². The van der Waals surface area contributed by atoms with Crippen LogP contribution in [0.1, 0.15) is 27.7 Å². The Morgan fingerprint density at radius 2 is 1.60 bits per heavy atom. The Kier molecular flexibility index (Phi) is 3.58. The normalized spacial score (nSPS) is 14.3. The first kappa shape index (κ1) is 9.63. The minimum absolute atomic E-state index is 0.0556. The van der Waals surface area contributed by atoms with Crippen molar-refractivity contribution in [1.29, 1.82) is 5.41 Å². The molecule has 0 aliphatic heterocycles. The maximum Gasteiger partial charge on any atom is 0.0449 e. The summed E-state index contributed by atoms with van der Waals surface area (Å²) in [5.41, 5.74) is 6.40. The summed E-state index contributed by atoms with van der Waals surface area (Å²) in [6.45, 7) is 8.10. The van der Waals surface area contributed by atoms with E-state index in [2.05, 4.69) is 0 Å². The van der Waals surface area contributed by atoms with E-state index >= 15 is 0 Å². The Hall–Kier alpha value is -0.370. The van der Waals surface area contributed by atoms with Crippen LogP contribution < -0.4 is 5.73 Å². The van der Waals surface area contributed by atoms with Crippen molar-refractivity contribution in [3.05, 3.63) is 0 Å². The van der Waals surface area contributed by atoms with E-state index in [4.69, 9.17) is 11.1 Å². The molecule has 2 heteroatoms. The van der Waals surface area contributed by atoms with E-state index in [-0.39, 0.29) is 12.0 Å². The van der Waals surface area contributed by atoms with Crippen molar-refractivity contribution in [2.24, 2.45) is 17.6 Å². The second-order valence-electron chi connectivity index (χ2n) is 3.38. The monoisotopic (exact) mass is 142 g/mol. The molecule has 0 aliphatic rings. The predicted octanol–water partition coefficient (Wildman–Crippen LogP) is 1.65. The highest BCUT2D eigenvalue weighted by atomic mass is 14.7. The van der Waals surface area contributed by atoms with Gasteiger partial charge in [-0.1, -0.05) is 27.7 Å². The van der Waals surface area contributed by atoms with E-state index in [1.807, 2.05) is 27.7 Å². The molecule has 0 radical (unpaired) electrons. The van der Waals surface area contributed by atoms with Crippen molar-refractivity contribution in [2.45, 2.75) is 33.7 Å². The first-order valence-electron chi connectivity index (χ1n) is 3.80. The van der Waals surface area contributed by atoms with Gasteiger partial charge in [0.15, 0.2) is 0 Å². The summed E-state index contributed by atoms with van der Waals surface area (Å²) in [7, 11) is 0. The van der Waals surface area contributed by atoms with Gasteiger partial charge < -0.3 is 11.1 Å². The summed E-state index contributed by atoms with van der Waals surface area (Å²) < 4.78 is 0. The molecule has 0 saturated heterocycles. The second-order valence-corrected chi connectivity index (χ2v) is 3.38. The average molecular weight is 142 g/mol. The zero-order valence-electron chi connectivity index (χ0n) is 7.31. The number of hydrogen-bond acceptors (Lipinski definition) is 2. The Morgan fingerprint density at radius 3 is 1.70 bits per heavy atom. The Bertz CT molecular complexity index is 116. The van der Waals surface area contributed by atoms with Crippen LogP contribution in [-0.4, -0.2) is 11.8 Å². The minimum Gasteiger partial charge on any atom is -0.323 e. The SMILES string of the molecule is CC(C)C(=N)[C@@H](N)C(C)C. The third-order valence-corrected chi connectivity index (χ3v) is 1.70. The van der Waals surface area contributed by atoms with Crippen molar-refractivity contribution >= 4 is 5.71 Å². The quantitative estimate of drug-likeness (QED) is 0.578. The van der Waals surface area contributed by atoms with Crippen LogP contribution in [0.4, 0.5) is 0 Å². The van der Waals surface area contributed by atoms with Gasteiger partial charge in [-0.3, -0.25) is 0 Å². The summed E-state index contributed by atoms with van der Waals surface area (Å²) in [5, 5.41) is 7.55. The number of rotatable bonds is 3. The molecule has 3 N–H and O–H groups in total. The molecule has 0 bridgehead atoms. The first-order chi connectivity index (χ1) is 4.46. The molecule has 60 valence electrons. The molecule has 1 atom stereocenters. The minimum atomic E-state index is -0.0556. The molecule has 0 aromatic rings. The van der Waals surface area contributed by atoms with Crippen LogP contribution in [0.2, 0.25) is 0 Å². The lowest BCUT2D eigenvalue weighted by molar-refractivity contribution is 0.573. The zero-order valence-corrected chi connectivity index (χ0v) is 7.31. The second kappa shape index (κ2) is 3.71. The van der Waals surface area contributed by atoms with Gasteiger partial charge in [0.1, 0.15) is 0 Å². The van der Waals surface area contributed by atoms with E-state index in [9.17, 15) is 0 Å². The molecule has 0 amide bonds. The Labute approximate surface area is 63.3 Å². The standard InChI is InChI=1S/C8H18N2/c1-5(2)7(9)8(10)6(3)4/h5-7,10H,9H2,1-4H3/t7-/m0/s1. The third-order valence-electron chi connectivity index (χ3n) is 1.70. The van der Waals surface area contributed by atoms with Crippen LogP contribution in [-0.2, 0) is 0 Å². The summed E-state index contributed by atoms with van der Waals surface area (Å²) in [4.78, 5) is 0. The van der Waals surface area contributed by atoms with Crippen LogP contribution in [0.5, 0.6) is 0 Å². The summed E-state index contributed by atoms with van der Waals surface area (Å²) >= 11 is 0. The van der Waals surface area contributed by atoms with Gasteiger partial charge in [-0.2, -0.15) is 0 Å². The number of nitrogens with one attached hydrogen (secondary N) is 1. The molecule has 10 heavy (non-hydrogen) atoms. The molecule has 0 rings (SSSR count). The molecule has 0 aliphatic carbocycles. The van der Waals surface area contributed by atoms with Gasteiger partial charge in [0.05, 0.1) is 0 Å². The lowest BCUT2D eigenvalue weighted by Gasteiger charge is -2.19. The number of nitrogens with two attached hydrogens (primary N) is 1. The van der Waals surface area contributed by atoms with Gasteiger partial charge in [-0.25, -0.2) is 0 Å². The highest BCUT2D eigenvalue weighted by Crippen LogP contribution is 2.06. The van der Waals surface area contributed by atoms with E-state index in [1.165, 1.54) is 0 Å². The summed E-state index contributed by atoms with van der Waals surface area (Å²) in [6, 6.07) is -0.0556. The van der Waals surface area contributed by atoms with Crippen LogP contribution in [0.15, 0.2) is 0 Å². The third kappa shape index (κ3) is 2.48. The fraction of sp³-hybridized carbons (Fsp3) is 0.875. The van der Waals surface area contributed by atoms with Gasteiger partial charge in [-0.05, 0) is 11.8 Å². The fourth-order valence-corrected chi connectivity index (χ4v) is 0.744. The number of hydrogen-bond donors (Lipinski definition) is 2. The van der Waals surface area contributed by atoms with Crippen molar-refractivity contribution < 1.29 is 0 Å². The topological polar surface area (TPSA) is 49.9 Å². The molecule has 0 aromatic carbocycles. The Balaban J connectivity index is 3.95. The lowest BCUT2D eigenvalue weighted by Crippen LogP contribution is -2.37. The van der Waals surface area contributed by atoms with E-state index in [0.717, 1.165) is 0 Å². The van der Waals surface area contributed by atoms with Gasteiger partial charge >= 0.3 is 0 Å². The molecule has 0 saturated carbocycles. The lowest BCUT2D eigenvalue weighted by atomic mass is 9.93. The van der Waals surface area contributed by atoms with Gasteiger partial charge in [0.25, 0.3) is 0 Å². The van der Waals surface area contributed by atoms with E-state index in [0.29, 0.717) is 11.6 Å². The summed E-state index contributed by atoms with van der Waals surface area (Å²) in [6.07, 6.45) is 0. The molecular weight excluding hydrogens is 124 g/mol. The predicted molar refractivity (Wildman–Crippen MR) is 45.4 cm³/mol. The van der Waals surface area contributed by atoms with Crippen molar-refractivity contribution in [3.63, 3.8) is 0 Å². The highest BCUT2D eigenvalue weighted by molar-refractivity contribution is 5.88. The molecule has 0 spiro atoms. The van der Waals surface area contributed by atoms with Crippen molar-refractivity contribution in [1.82, 2.24) is 0 Å². The van der Waals surface area contributed by atoms with Crippen molar-refractivity contribution in [3.8, 4) is 0 Å². The molecule has 2 nitrogen and oxygen atoms in total. The fourth-order valence-electron chi connectivity index (χ4n) is 0.744. The highest BCUT2D eigenvalue weighted by Gasteiger charge is 2.15. The molecular formula is C8H18N2. The molecule has 0 unspecified atom stereocenters. The largest absolute Gasteiger partial charge is 0.323 e. The smallest absolute Gasteiger partial charge is 0.0449 e. The van der Waals surface area contributed by atoms with E-state index < -0.39 is 0 Å². The van der Waals surface area contributed by atoms with Crippen LogP contribution >= 0.6 is 0 Å². The maximum absolute atomic E-state index is 7.55. The van der Waals surface area contributed by atoms with Gasteiger partial charge in [0.2, 0.25) is 0 Å². The van der Waals surface area contributed by atoms with Gasteiger partial charge in [-0.15, -0.1) is 0 Å². The average Bonchev–Trinajstić information content (AvgIpc) is 1.84. The summed E-state index contributed by atoms with van der Waals surface area (Å²) in [5.74, 6) is 0.673. The van der Waals surface area contributed by atoms with Crippen LogP contribution in [0, 0.1) is 17.2 Å². The molecule has 0 fully saturated rings. The zero-order chi connectivity index (χ0) is 8.31. The maximum atomic E-state index is 7.55. The Morgan fingerprint density at radius 1 is 1.20 bits per heavy atom.